The van der Waals surface area contributed by atoms with Gasteiger partial charge in [-0.15, -0.1) is 0 Å². The molecular weight excluding hydrogens is 510 g/mol. The number of aliphatic hydroxyl groups excluding tert-OH is 2. The van der Waals surface area contributed by atoms with Crippen molar-refractivity contribution >= 4 is 27.4 Å². The molecule has 0 radical (unpaired) electrons. The third kappa shape index (κ3) is 5.35. The molecule has 3 N–H and O–H groups in total. The van der Waals surface area contributed by atoms with Gasteiger partial charge >= 0.3 is 6.03 Å². The number of aliphatic hydroxyl groups is 2. The highest BCUT2D eigenvalue weighted by Crippen LogP contribution is 2.53. The number of urea groups is 1. The van der Waals surface area contributed by atoms with Crippen molar-refractivity contribution in [3.05, 3.63) is 36.0 Å². The van der Waals surface area contributed by atoms with Gasteiger partial charge in [-0.3, -0.25) is 0 Å². The number of sulfone groups is 1. The van der Waals surface area contributed by atoms with Gasteiger partial charge in [0.1, 0.15) is 10.6 Å². The number of likely N-dealkylation sites (tertiary alicyclic amines) is 1. The highest BCUT2D eigenvalue weighted by Gasteiger charge is 2.56. The summed E-state index contributed by atoms with van der Waals surface area (Å²) in [6.45, 7) is 4.44. The molecule has 1 aliphatic carbocycles. The molecule has 3 fully saturated rings. The minimum Gasteiger partial charge on any atom is -0.396 e. The molecule has 11 nitrogen and oxygen atoms in total. The number of nitrogens with zero attached hydrogens (tertiary/aromatic N) is 4. The van der Waals surface area contributed by atoms with Crippen molar-refractivity contribution in [2.24, 2.45) is 0 Å². The summed E-state index contributed by atoms with van der Waals surface area (Å²) < 4.78 is 31.1. The van der Waals surface area contributed by atoms with Crippen LogP contribution < -0.4 is 10.2 Å². The number of benzene rings is 1. The Bertz CT molecular complexity index is 1270. The van der Waals surface area contributed by atoms with Crippen LogP contribution in [0.5, 0.6) is 0 Å². The summed E-state index contributed by atoms with van der Waals surface area (Å²) in [5, 5.41) is 21.8. The maximum absolute atomic E-state index is 13.3. The monoisotopic (exact) mass is 545 g/mol. The molecule has 1 aromatic carbocycles. The molecule has 1 unspecified atom stereocenters. The van der Waals surface area contributed by atoms with Gasteiger partial charge in [-0.05, 0) is 56.9 Å². The maximum Gasteiger partial charge on any atom is 0.321 e. The van der Waals surface area contributed by atoms with Crippen molar-refractivity contribution < 1.29 is 28.2 Å². The largest absolute Gasteiger partial charge is 0.396 e. The smallest absolute Gasteiger partial charge is 0.321 e. The molecule has 2 saturated heterocycles. The fourth-order valence-corrected chi connectivity index (χ4v) is 7.18. The second kappa shape index (κ2) is 10.8. The molecule has 2 aromatic rings. The van der Waals surface area contributed by atoms with Crippen molar-refractivity contribution in [3.8, 4) is 11.4 Å². The van der Waals surface area contributed by atoms with E-state index in [9.17, 15) is 23.4 Å². The van der Waals surface area contributed by atoms with Crippen molar-refractivity contribution in [2.75, 3.05) is 55.4 Å². The maximum atomic E-state index is 13.3. The second-order valence-electron chi connectivity index (χ2n) is 10.3. The third-order valence-corrected chi connectivity index (χ3v) is 10.2. The van der Waals surface area contributed by atoms with Crippen LogP contribution in [-0.2, 0) is 19.3 Å². The highest BCUT2D eigenvalue weighted by atomic mass is 32.2. The van der Waals surface area contributed by atoms with Gasteiger partial charge in [0.2, 0.25) is 0 Å². The number of hydrogen-bond acceptors (Lipinski definition) is 9. The minimum atomic E-state index is -3.52. The van der Waals surface area contributed by atoms with E-state index in [0.717, 1.165) is 0 Å². The first-order valence-electron chi connectivity index (χ1n) is 13.1. The summed E-state index contributed by atoms with van der Waals surface area (Å²) in [7, 11) is -3.52. The van der Waals surface area contributed by atoms with E-state index >= 15 is 0 Å². The van der Waals surface area contributed by atoms with E-state index < -0.39 is 20.7 Å². The number of nitrogens with one attached hydrogen (secondary N) is 1. The van der Waals surface area contributed by atoms with Crippen LogP contribution >= 0.6 is 0 Å². The van der Waals surface area contributed by atoms with Gasteiger partial charge in [0.05, 0.1) is 36.8 Å². The molecule has 0 spiro atoms. The van der Waals surface area contributed by atoms with Gasteiger partial charge in [0.15, 0.2) is 15.7 Å². The Labute approximate surface area is 222 Å². The molecular formula is C26H35N5O6S. The number of morpholine rings is 1. The summed E-state index contributed by atoms with van der Waals surface area (Å²) in [5.74, 6) is 0.990. The van der Waals surface area contributed by atoms with Crippen molar-refractivity contribution in [2.45, 2.75) is 49.5 Å². The average molecular weight is 546 g/mol. The normalized spacial score (nSPS) is 22.9. The number of carbonyl (C=O) groups excluding carboxylic acids is 1. The van der Waals surface area contributed by atoms with Crippen molar-refractivity contribution in [1.29, 1.82) is 0 Å². The Morgan fingerprint density at radius 2 is 1.97 bits per heavy atom. The molecule has 2 aliphatic heterocycles. The van der Waals surface area contributed by atoms with E-state index in [0.29, 0.717) is 80.7 Å². The zero-order valence-electron chi connectivity index (χ0n) is 21.5. The molecule has 2 amide bonds. The van der Waals surface area contributed by atoms with E-state index in [4.69, 9.17) is 14.7 Å². The topological polar surface area (TPSA) is 145 Å². The first-order chi connectivity index (χ1) is 18.2. The molecule has 3 heterocycles. The standard InChI is InChI=1S/C26H35N5O6S/c1-18-17-37-13-11-31(18)23-15-22(26(8-9-26)38(35,36)14-2-12-32)28-24(29-23)19-3-5-20(6-4-19)27-25(34)30-10-7-21(33)16-30/h3-6,15,18,21,32-33H,2,7-14,16-17H2,1H3,(H,27,34)/t18-,21?/m0/s1. The number of ether oxygens (including phenoxy) is 1. The third-order valence-electron chi connectivity index (χ3n) is 7.56. The van der Waals surface area contributed by atoms with Crippen LogP contribution in [-0.4, -0.2) is 96.9 Å². The fraction of sp³-hybridized carbons (Fsp3) is 0.577. The van der Waals surface area contributed by atoms with Crippen LogP contribution in [0.25, 0.3) is 11.4 Å². The van der Waals surface area contributed by atoms with Crippen molar-refractivity contribution in [1.82, 2.24) is 14.9 Å². The average Bonchev–Trinajstić information content (AvgIpc) is 3.63. The van der Waals surface area contributed by atoms with Crippen molar-refractivity contribution in [3.63, 3.8) is 0 Å². The quantitative estimate of drug-likeness (QED) is 0.452. The summed E-state index contributed by atoms with van der Waals surface area (Å²) >= 11 is 0. The summed E-state index contributed by atoms with van der Waals surface area (Å²) in [6.07, 6.45) is 1.26. The molecule has 3 aliphatic rings. The van der Waals surface area contributed by atoms with Crippen LogP contribution in [0.2, 0.25) is 0 Å². The Morgan fingerprint density at radius 3 is 2.61 bits per heavy atom. The minimum absolute atomic E-state index is 0.0715. The summed E-state index contributed by atoms with van der Waals surface area (Å²) in [6, 6.07) is 8.74. The SMILES string of the molecule is C[C@H]1COCCN1c1cc(C2(S(=O)(=O)CCCO)CC2)nc(-c2ccc(NC(=O)N3CCC(O)C3)cc2)n1. The van der Waals surface area contributed by atoms with E-state index in [1.165, 1.54) is 0 Å². The highest BCUT2D eigenvalue weighted by molar-refractivity contribution is 7.92. The molecule has 206 valence electrons. The number of anilines is 2. The van der Waals surface area contributed by atoms with E-state index in [1.807, 2.05) is 6.92 Å². The predicted octanol–water partition coefficient (Wildman–Crippen LogP) is 1.75. The molecule has 2 atom stereocenters. The van der Waals surface area contributed by atoms with Gasteiger partial charge < -0.3 is 30.1 Å². The predicted molar refractivity (Wildman–Crippen MR) is 143 cm³/mol. The lowest BCUT2D eigenvalue weighted by molar-refractivity contribution is 0.0985. The van der Waals surface area contributed by atoms with Crippen LogP contribution in [0.3, 0.4) is 0 Å². The summed E-state index contributed by atoms with van der Waals surface area (Å²) in [4.78, 5) is 25.8. The second-order valence-corrected chi connectivity index (χ2v) is 12.8. The number of aromatic nitrogens is 2. The Hall–Kier alpha value is -2.80. The molecule has 0 bridgehead atoms. The Morgan fingerprint density at radius 1 is 1.21 bits per heavy atom. The van der Waals surface area contributed by atoms with E-state index in [2.05, 4.69) is 10.2 Å². The number of β-amino-alcohol motifs (C(OH)–C–C–N with tert-alkyl or cyclic N) is 1. The molecule has 1 aromatic heterocycles. The first kappa shape index (κ1) is 26.8. The van der Waals surface area contributed by atoms with E-state index in [1.54, 1.807) is 35.2 Å². The number of amides is 2. The van der Waals surface area contributed by atoms with Gasteiger partial charge in [-0.25, -0.2) is 23.2 Å². The zero-order valence-corrected chi connectivity index (χ0v) is 22.4. The van der Waals surface area contributed by atoms with Gasteiger partial charge in [0, 0.05) is 43.6 Å². The molecule has 1 saturated carbocycles. The van der Waals surface area contributed by atoms with Gasteiger partial charge in [0.25, 0.3) is 0 Å². The number of carbonyl (C=O) groups is 1. The van der Waals surface area contributed by atoms with E-state index in [-0.39, 0.29) is 30.9 Å². The molecule has 12 heteroatoms. The van der Waals surface area contributed by atoms with Crippen LogP contribution in [0.4, 0.5) is 16.3 Å². The lowest BCUT2D eigenvalue weighted by Gasteiger charge is -2.34. The molecule has 5 rings (SSSR count). The first-order valence-corrected chi connectivity index (χ1v) is 14.8. The van der Waals surface area contributed by atoms with Gasteiger partial charge in [-0.2, -0.15) is 0 Å². The fourth-order valence-electron chi connectivity index (χ4n) is 5.13. The van der Waals surface area contributed by atoms with Crippen LogP contribution in [0, 0.1) is 0 Å². The number of hydrogen-bond donors (Lipinski definition) is 3. The number of rotatable bonds is 8. The summed E-state index contributed by atoms with van der Waals surface area (Å²) in [5.41, 5.74) is 1.79. The zero-order chi connectivity index (χ0) is 26.9. The van der Waals surface area contributed by atoms with Crippen LogP contribution in [0.15, 0.2) is 30.3 Å². The Kier molecular flexibility index (Phi) is 7.58. The Balaban J connectivity index is 1.45. The lowest BCUT2D eigenvalue weighted by Crippen LogP contribution is -2.44. The van der Waals surface area contributed by atoms with Gasteiger partial charge in [-0.1, -0.05) is 0 Å². The molecule has 38 heavy (non-hydrogen) atoms. The van der Waals surface area contributed by atoms with Crippen LogP contribution in [0.1, 0.15) is 38.3 Å². The lowest BCUT2D eigenvalue weighted by atomic mass is 10.1.